The van der Waals surface area contributed by atoms with Crippen LogP contribution in [0.2, 0.25) is 0 Å². The Morgan fingerprint density at radius 2 is 1.75 bits per heavy atom. The Morgan fingerprint density at radius 3 is 2.39 bits per heavy atom. The summed E-state index contributed by atoms with van der Waals surface area (Å²) in [5, 5.41) is 3.04. The molecule has 6 heteroatoms. The fourth-order valence-electron chi connectivity index (χ4n) is 3.26. The van der Waals surface area contributed by atoms with Gasteiger partial charge in [0, 0.05) is 25.2 Å². The molecule has 28 heavy (non-hydrogen) atoms. The Bertz CT molecular complexity index is 786. The van der Waals surface area contributed by atoms with E-state index in [1.54, 1.807) is 14.2 Å². The van der Waals surface area contributed by atoms with Crippen molar-refractivity contribution in [2.45, 2.75) is 19.5 Å². The van der Waals surface area contributed by atoms with Crippen LogP contribution in [0.4, 0.5) is 0 Å². The van der Waals surface area contributed by atoms with Gasteiger partial charge in [-0.2, -0.15) is 0 Å². The second-order valence-electron chi connectivity index (χ2n) is 6.90. The summed E-state index contributed by atoms with van der Waals surface area (Å²) in [6, 6.07) is 13.3. The van der Waals surface area contributed by atoms with E-state index in [-0.39, 0.29) is 11.9 Å². The van der Waals surface area contributed by atoms with Gasteiger partial charge >= 0.3 is 0 Å². The van der Waals surface area contributed by atoms with E-state index >= 15 is 0 Å². The van der Waals surface area contributed by atoms with Crippen molar-refractivity contribution in [3.8, 4) is 11.5 Å². The Morgan fingerprint density at radius 1 is 1.07 bits per heavy atom. The van der Waals surface area contributed by atoms with E-state index in [0.29, 0.717) is 17.1 Å². The molecule has 1 aliphatic rings. The average Bonchev–Trinajstić information content (AvgIpc) is 2.74. The molecule has 1 atom stereocenters. The summed E-state index contributed by atoms with van der Waals surface area (Å²) < 4.78 is 16.0. The van der Waals surface area contributed by atoms with Crippen molar-refractivity contribution >= 4 is 5.91 Å². The van der Waals surface area contributed by atoms with Gasteiger partial charge in [0.05, 0.1) is 33.5 Å². The van der Waals surface area contributed by atoms with E-state index in [0.717, 1.165) is 38.4 Å². The fourth-order valence-corrected chi connectivity index (χ4v) is 3.26. The van der Waals surface area contributed by atoms with Crippen molar-refractivity contribution in [1.29, 1.82) is 0 Å². The zero-order valence-electron chi connectivity index (χ0n) is 16.7. The number of carbonyl (C=O) groups excluding carboxylic acids is 1. The zero-order chi connectivity index (χ0) is 19.9. The molecule has 0 bridgehead atoms. The molecule has 0 unspecified atom stereocenters. The van der Waals surface area contributed by atoms with Crippen LogP contribution in [0.3, 0.4) is 0 Å². The SMILES string of the molecule is COc1ccc([C@@H](C)NC(=O)c2ccc(CN3CCOCC3)cc2)cc1OC. The van der Waals surface area contributed by atoms with Crippen molar-refractivity contribution in [3.63, 3.8) is 0 Å². The third kappa shape index (κ3) is 5.03. The first-order valence-electron chi connectivity index (χ1n) is 9.52. The highest BCUT2D eigenvalue weighted by atomic mass is 16.5. The number of nitrogens with zero attached hydrogens (tertiary/aromatic N) is 1. The predicted molar refractivity (Wildman–Crippen MR) is 108 cm³/mol. The highest BCUT2D eigenvalue weighted by molar-refractivity contribution is 5.94. The molecule has 1 fully saturated rings. The third-order valence-electron chi connectivity index (χ3n) is 4.98. The largest absolute Gasteiger partial charge is 0.493 e. The lowest BCUT2D eigenvalue weighted by molar-refractivity contribution is 0.0342. The summed E-state index contributed by atoms with van der Waals surface area (Å²) in [6.07, 6.45) is 0. The molecule has 1 amide bonds. The second kappa shape index (κ2) is 9.57. The fraction of sp³-hybridized carbons (Fsp3) is 0.409. The van der Waals surface area contributed by atoms with Crippen LogP contribution in [-0.4, -0.2) is 51.3 Å². The molecular formula is C22H28N2O4. The maximum Gasteiger partial charge on any atom is 0.251 e. The number of hydrogen-bond acceptors (Lipinski definition) is 5. The van der Waals surface area contributed by atoms with Crippen LogP contribution < -0.4 is 14.8 Å². The number of nitrogens with one attached hydrogen (secondary N) is 1. The topological polar surface area (TPSA) is 60.0 Å². The molecule has 1 saturated heterocycles. The van der Waals surface area contributed by atoms with Crippen LogP contribution in [0.25, 0.3) is 0 Å². The van der Waals surface area contributed by atoms with Gasteiger partial charge in [-0.05, 0) is 42.3 Å². The minimum Gasteiger partial charge on any atom is -0.493 e. The smallest absolute Gasteiger partial charge is 0.251 e. The first-order chi connectivity index (χ1) is 13.6. The zero-order valence-corrected chi connectivity index (χ0v) is 16.7. The van der Waals surface area contributed by atoms with Crippen LogP contribution in [0, 0.1) is 0 Å². The van der Waals surface area contributed by atoms with Gasteiger partial charge in [0.1, 0.15) is 0 Å². The van der Waals surface area contributed by atoms with Crippen molar-refractivity contribution < 1.29 is 19.0 Å². The Kier molecular flexibility index (Phi) is 6.90. The molecule has 3 rings (SSSR count). The predicted octanol–water partition coefficient (Wildman–Crippen LogP) is 3.03. The molecule has 0 aliphatic carbocycles. The number of ether oxygens (including phenoxy) is 3. The van der Waals surface area contributed by atoms with Crippen LogP contribution >= 0.6 is 0 Å². The van der Waals surface area contributed by atoms with Gasteiger partial charge in [-0.3, -0.25) is 9.69 Å². The van der Waals surface area contributed by atoms with Crippen molar-refractivity contribution in [1.82, 2.24) is 10.2 Å². The summed E-state index contributed by atoms with van der Waals surface area (Å²) in [6.45, 7) is 6.30. The summed E-state index contributed by atoms with van der Waals surface area (Å²) >= 11 is 0. The monoisotopic (exact) mass is 384 g/mol. The molecule has 1 aliphatic heterocycles. The third-order valence-corrected chi connectivity index (χ3v) is 4.98. The highest BCUT2D eigenvalue weighted by Gasteiger charge is 2.15. The van der Waals surface area contributed by atoms with Gasteiger partial charge in [0.2, 0.25) is 0 Å². The van der Waals surface area contributed by atoms with Gasteiger partial charge in [-0.15, -0.1) is 0 Å². The van der Waals surface area contributed by atoms with E-state index in [9.17, 15) is 4.79 Å². The van der Waals surface area contributed by atoms with Gasteiger partial charge < -0.3 is 19.5 Å². The number of hydrogen-bond donors (Lipinski definition) is 1. The number of rotatable bonds is 7. The van der Waals surface area contributed by atoms with Crippen molar-refractivity contribution in [2.75, 3.05) is 40.5 Å². The molecule has 0 radical (unpaired) electrons. The number of methoxy groups -OCH3 is 2. The van der Waals surface area contributed by atoms with E-state index in [2.05, 4.69) is 10.2 Å². The summed E-state index contributed by atoms with van der Waals surface area (Å²) in [5.74, 6) is 1.22. The molecule has 1 heterocycles. The van der Waals surface area contributed by atoms with Crippen LogP contribution in [-0.2, 0) is 11.3 Å². The molecule has 2 aromatic carbocycles. The van der Waals surface area contributed by atoms with E-state index in [1.165, 1.54) is 5.56 Å². The summed E-state index contributed by atoms with van der Waals surface area (Å²) in [4.78, 5) is 15.0. The van der Waals surface area contributed by atoms with Gasteiger partial charge in [0.15, 0.2) is 11.5 Å². The lowest BCUT2D eigenvalue weighted by atomic mass is 10.1. The number of amides is 1. The van der Waals surface area contributed by atoms with E-state index < -0.39 is 0 Å². The van der Waals surface area contributed by atoms with E-state index in [4.69, 9.17) is 14.2 Å². The first-order valence-corrected chi connectivity index (χ1v) is 9.52. The van der Waals surface area contributed by atoms with Gasteiger partial charge in [0.25, 0.3) is 5.91 Å². The Hall–Kier alpha value is -2.57. The minimum absolute atomic E-state index is 0.0970. The molecule has 2 aromatic rings. The van der Waals surface area contributed by atoms with Crippen molar-refractivity contribution in [2.24, 2.45) is 0 Å². The summed E-state index contributed by atoms with van der Waals surface area (Å²) in [5.41, 5.74) is 2.80. The molecule has 6 nitrogen and oxygen atoms in total. The molecular weight excluding hydrogens is 356 g/mol. The highest BCUT2D eigenvalue weighted by Crippen LogP contribution is 2.30. The first kappa shape index (κ1) is 20.2. The molecule has 0 aromatic heterocycles. The van der Waals surface area contributed by atoms with Gasteiger partial charge in [-0.25, -0.2) is 0 Å². The maximum absolute atomic E-state index is 12.6. The molecule has 150 valence electrons. The average molecular weight is 384 g/mol. The van der Waals surface area contributed by atoms with Crippen LogP contribution in [0.1, 0.15) is 34.5 Å². The number of benzene rings is 2. The molecule has 1 N–H and O–H groups in total. The van der Waals surface area contributed by atoms with Crippen molar-refractivity contribution in [3.05, 3.63) is 59.2 Å². The Balaban J connectivity index is 1.60. The maximum atomic E-state index is 12.6. The summed E-state index contributed by atoms with van der Waals surface area (Å²) in [7, 11) is 3.20. The number of morpholine rings is 1. The van der Waals surface area contributed by atoms with Gasteiger partial charge in [-0.1, -0.05) is 18.2 Å². The lowest BCUT2D eigenvalue weighted by Gasteiger charge is -2.26. The lowest BCUT2D eigenvalue weighted by Crippen LogP contribution is -2.35. The normalized spacial score (nSPS) is 15.7. The molecule has 0 spiro atoms. The van der Waals surface area contributed by atoms with Crippen LogP contribution in [0.5, 0.6) is 11.5 Å². The number of carbonyl (C=O) groups is 1. The van der Waals surface area contributed by atoms with E-state index in [1.807, 2.05) is 49.4 Å². The molecule has 0 saturated carbocycles. The Labute approximate surface area is 166 Å². The standard InChI is InChI=1S/C22H28N2O4/c1-16(19-8-9-20(26-2)21(14-19)27-3)23-22(25)18-6-4-17(5-7-18)15-24-10-12-28-13-11-24/h4-9,14,16H,10-13,15H2,1-3H3,(H,23,25)/t16-/m1/s1. The van der Waals surface area contributed by atoms with Crippen LogP contribution in [0.15, 0.2) is 42.5 Å². The quantitative estimate of drug-likeness (QED) is 0.795. The second-order valence-corrected chi connectivity index (χ2v) is 6.90. The minimum atomic E-state index is -0.152.